The molecule has 0 amide bonds. The molecule has 0 aliphatic heterocycles. The molecule has 0 aromatic rings. The first-order chi connectivity index (χ1) is 15.8. The lowest BCUT2D eigenvalue weighted by Crippen LogP contribution is -2.42. The average Bonchev–Trinajstić information content (AvgIpc) is 3.61. The molecule has 0 aromatic heterocycles. The number of rotatable bonds is 7. The molecule has 0 N–H and O–H groups in total. The van der Waals surface area contributed by atoms with E-state index in [1.54, 1.807) is 0 Å². The highest BCUT2D eigenvalue weighted by Gasteiger charge is 2.63. The second kappa shape index (κ2) is 7.83. The maximum Gasteiger partial charge on any atom is 0.312 e. The molecule has 5 saturated carbocycles. The molecule has 0 aromatic carbocycles. The van der Waals surface area contributed by atoms with Crippen LogP contribution in [-0.4, -0.2) is 31.4 Å². The lowest BCUT2D eigenvalue weighted by Gasteiger charge is -2.39. The van der Waals surface area contributed by atoms with Gasteiger partial charge in [-0.3, -0.25) is 9.59 Å². The van der Waals surface area contributed by atoms with E-state index >= 15 is 0 Å². The van der Waals surface area contributed by atoms with Gasteiger partial charge in [-0.05, 0) is 85.9 Å². The van der Waals surface area contributed by atoms with E-state index in [1.807, 2.05) is 0 Å². The van der Waals surface area contributed by atoms with Crippen molar-refractivity contribution in [3.8, 4) is 0 Å². The van der Waals surface area contributed by atoms with Crippen LogP contribution in [0.15, 0.2) is 12.2 Å². The van der Waals surface area contributed by atoms with Gasteiger partial charge in [0.1, 0.15) is 6.10 Å². The summed E-state index contributed by atoms with van der Waals surface area (Å²) in [5.41, 5.74) is 0.228. The summed E-state index contributed by atoms with van der Waals surface area (Å²) in [4.78, 5) is 26.5. The van der Waals surface area contributed by atoms with Crippen molar-refractivity contribution in [3.63, 3.8) is 0 Å². The standard InChI is InChI=1S/C28H40O5/c1-27(2)21-8-9-28(27,3)22(13-21)33-26(30)24-19-7-6-18(12-19)23(24)25(29)32-15-31-14-20-11-16-4-5-17(20)10-16/h6-7,16-24H,4-5,8-15H2,1-3H3. The van der Waals surface area contributed by atoms with E-state index in [-0.39, 0.29) is 47.5 Å². The summed E-state index contributed by atoms with van der Waals surface area (Å²) in [5.74, 6) is 1.79. The van der Waals surface area contributed by atoms with Gasteiger partial charge in [0.25, 0.3) is 0 Å². The summed E-state index contributed by atoms with van der Waals surface area (Å²) in [6, 6.07) is 0. The monoisotopic (exact) mass is 456 g/mol. The number of hydrogen-bond acceptors (Lipinski definition) is 5. The van der Waals surface area contributed by atoms with E-state index in [9.17, 15) is 9.59 Å². The molecule has 5 fully saturated rings. The van der Waals surface area contributed by atoms with Gasteiger partial charge in [-0.2, -0.15) is 0 Å². The van der Waals surface area contributed by atoms with Crippen molar-refractivity contribution < 1.29 is 23.8 Å². The molecule has 6 aliphatic rings. The van der Waals surface area contributed by atoms with Crippen molar-refractivity contribution in [2.24, 2.45) is 58.2 Å². The molecule has 0 saturated heterocycles. The lowest BCUT2D eigenvalue weighted by atomic mass is 9.70. The van der Waals surface area contributed by atoms with Gasteiger partial charge in [0, 0.05) is 5.41 Å². The van der Waals surface area contributed by atoms with Gasteiger partial charge < -0.3 is 14.2 Å². The zero-order valence-electron chi connectivity index (χ0n) is 20.5. The van der Waals surface area contributed by atoms with Crippen LogP contribution in [0.5, 0.6) is 0 Å². The smallest absolute Gasteiger partial charge is 0.312 e. The van der Waals surface area contributed by atoms with Crippen molar-refractivity contribution in [3.05, 3.63) is 12.2 Å². The molecule has 6 rings (SSSR count). The molecule has 0 heterocycles. The number of carbonyl (C=O) groups excluding carboxylic acids is 2. The van der Waals surface area contributed by atoms with E-state index in [1.165, 1.54) is 32.1 Å². The fourth-order valence-corrected chi connectivity index (χ4v) is 8.97. The fourth-order valence-electron chi connectivity index (χ4n) is 8.97. The van der Waals surface area contributed by atoms with E-state index in [2.05, 4.69) is 32.9 Å². The molecular formula is C28H40O5. The molecule has 182 valence electrons. The first-order valence-electron chi connectivity index (χ1n) is 13.4. The number of carbonyl (C=O) groups is 2. The van der Waals surface area contributed by atoms with Crippen LogP contribution in [-0.2, 0) is 23.8 Å². The molecular weight excluding hydrogens is 416 g/mol. The van der Waals surface area contributed by atoms with Crippen molar-refractivity contribution in [1.82, 2.24) is 0 Å². The van der Waals surface area contributed by atoms with Crippen LogP contribution in [0.2, 0.25) is 0 Å². The van der Waals surface area contributed by atoms with Crippen LogP contribution < -0.4 is 0 Å². The summed E-state index contributed by atoms with van der Waals surface area (Å²) < 4.78 is 17.6. The summed E-state index contributed by atoms with van der Waals surface area (Å²) >= 11 is 0. The van der Waals surface area contributed by atoms with Gasteiger partial charge in [-0.15, -0.1) is 0 Å². The van der Waals surface area contributed by atoms with E-state index in [0.29, 0.717) is 18.4 Å². The lowest BCUT2D eigenvalue weighted by molar-refractivity contribution is -0.175. The third-order valence-electron chi connectivity index (χ3n) is 11.5. The van der Waals surface area contributed by atoms with Crippen LogP contribution in [0.25, 0.3) is 0 Å². The minimum atomic E-state index is -0.432. The van der Waals surface area contributed by atoms with E-state index in [0.717, 1.165) is 31.1 Å². The molecule has 5 nitrogen and oxygen atoms in total. The molecule has 5 heteroatoms. The maximum atomic E-state index is 13.4. The molecule has 10 atom stereocenters. The Kier molecular flexibility index (Phi) is 5.25. The summed E-state index contributed by atoms with van der Waals surface area (Å²) in [5, 5.41) is 0. The molecule has 6 bridgehead atoms. The predicted octanol–water partition coefficient (Wildman–Crippen LogP) is 5.14. The summed E-state index contributed by atoms with van der Waals surface area (Å²) in [6.07, 6.45) is 13.6. The molecule has 0 radical (unpaired) electrons. The van der Waals surface area contributed by atoms with Gasteiger partial charge >= 0.3 is 11.9 Å². The summed E-state index contributed by atoms with van der Waals surface area (Å²) in [7, 11) is 0. The fraction of sp³-hybridized carbons (Fsp3) is 0.857. The quantitative estimate of drug-likeness (QED) is 0.230. The number of ether oxygens (including phenoxy) is 3. The highest BCUT2D eigenvalue weighted by molar-refractivity contribution is 5.84. The predicted molar refractivity (Wildman–Crippen MR) is 123 cm³/mol. The first-order valence-corrected chi connectivity index (χ1v) is 13.4. The topological polar surface area (TPSA) is 61.8 Å². The third kappa shape index (κ3) is 3.35. The number of allylic oxidation sites excluding steroid dienone is 2. The van der Waals surface area contributed by atoms with E-state index < -0.39 is 11.8 Å². The second-order valence-corrected chi connectivity index (χ2v) is 12.9. The maximum absolute atomic E-state index is 13.4. The number of esters is 2. The molecule has 6 aliphatic carbocycles. The summed E-state index contributed by atoms with van der Waals surface area (Å²) in [6.45, 7) is 7.64. The highest BCUT2D eigenvalue weighted by Crippen LogP contribution is 2.66. The Balaban J connectivity index is 1.05. The van der Waals surface area contributed by atoms with Crippen LogP contribution in [0, 0.1) is 58.2 Å². The largest absolute Gasteiger partial charge is 0.462 e. The third-order valence-corrected chi connectivity index (χ3v) is 11.5. The Morgan fingerprint density at radius 2 is 1.67 bits per heavy atom. The average molecular weight is 457 g/mol. The zero-order valence-corrected chi connectivity index (χ0v) is 20.5. The zero-order chi connectivity index (χ0) is 23.0. The van der Waals surface area contributed by atoms with Crippen LogP contribution in [0.3, 0.4) is 0 Å². The van der Waals surface area contributed by atoms with Crippen LogP contribution >= 0.6 is 0 Å². The van der Waals surface area contributed by atoms with Gasteiger partial charge in [-0.1, -0.05) is 39.3 Å². The Morgan fingerprint density at radius 3 is 2.27 bits per heavy atom. The molecule has 0 spiro atoms. The van der Waals surface area contributed by atoms with Crippen molar-refractivity contribution in [1.29, 1.82) is 0 Å². The van der Waals surface area contributed by atoms with Crippen LogP contribution in [0.1, 0.15) is 72.1 Å². The molecule has 33 heavy (non-hydrogen) atoms. The van der Waals surface area contributed by atoms with E-state index in [4.69, 9.17) is 14.2 Å². The first kappa shape index (κ1) is 22.1. The number of hydrogen-bond donors (Lipinski definition) is 0. The Hall–Kier alpha value is -1.36. The van der Waals surface area contributed by atoms with Crippen LogP contribution in [0.4, 0.5) is 0 Å². The highest BCUT2D eigenvalue weighted by atomic mass is 16.7. The Morgan fingerprint density at radius 1 is 0.909 bits per heavy atom. The van der Waals surface area contributed by atoms with Crippen molar-refractivity contribution >= 4 is 11.9 Å². The van der Waals surface area contributed by atoms with Crippen molar-refractivity contribution in [2.45, 2.75) is 78.2 Å². The molecule has 10 unspecified atom stereocenters. The second-order valence-electron chi connectivity index (χ2n) is 12.9. The van der Waals surface area contributed by atoms with Gasteiger partial charge in [0.05, 0.1) is 18.4 Å². The normalized spacial score (nSPS) is 48.0. The van der Waals surface area contributed by atoms with Gasteiger partial charge in [-0.25, -0.2) is 0 Å². The van der Waals surface area contributed by atoms with Gasteiger partial charge in [0.15, 0.2) is 6.79 Å². The van der Waals surface area contributed by atoms with Gasteiger partial charge in [0.2, 0.25) is 0 Å². The number of fused-ring (bicyclic) bond motifs is 6. The van der Waals surface area contributed by atoms with Crippen molar-refractivity contribution in [2.75, 3.05) is 13.4 Å². The Bertz CT molecular complexity index is 847. The minimum Gasteiger partial charge on any atom is -0.462 e. The Labute approximate surface area is 198 Å². The SMILES string of the molecule is CC1(C)C2CCC1(C)C(OC(=O)C1C3C=CC(C3)C1C(=O)OCOCC1CC3CCC1C3)C2. The minimum absolute atomic E-state index is 0.00263.